The Morgan fingerprint density at radius 3 is 2.70 bits per heavy atom. The summed E-state index contributed by atoms with van der Waals surface area (Å²) in [5.74, 6) is -1.90. The van der Waals surface area contributed by atoms with E-state index in [0.717, 1.165) is 12.5 Å². The Morgan fingerprint density at radius 2 is 2.05 bits per heavy atom. The number of aromatic amines is 2. The first-order chi connectivity index (χ1) is 9.45. The summed E-state index contributed by atoms with van der Waals surface area (Å²) < 4.78 is 0. The van der Waals surface area contributed by atoms with Crippen molar-refractivity contribution in [3.63, 3.8) is 0 Å². The van der Waals surface area contributed by atoms with Gasteiger partial charge in [-0.1, -0.05) is 6.42 Å². The number of hydrogen-bond acceptors (Lipinski definition) is 4. The van der Waals surface area contributed by atoms with Gasteiger partial charge in [0.05, 0.1) is 12.3 Å². The molecule has 2 unspecified atom stereocenters. The molecule has 1 aliphatic carbocycles. The van der Waals surface area contributed by atoms with Crippen LogP contribution in [0.2, 0.25) is 0 Å². The monoisotopic (exact) mass is 281 g/mol. The lowest BCUT2D eigenvalue weighted by Gasteiger charge is -2.17. The van der Waals surface area contributed by atoms with Crippen LogP contribution in [0.15, 0.2) is 15.7 Å². The fourth-order valence-electron chi connectivity index (χ4n) is 2.47. The number of aromatic nitrogens is 2. The van der Waals surface area contributed by atoms with Gasteiger partial charge in [0, 0.05) is 17.8 Å². The van der Waals surface area contributed by atoms with E-state index in [2.05, 4.69) is 10.3 Å². The lowest BCUT2D eigenvalue weighted by Crippen LogP contribution is -2.41. The number of aliphatic carboxylic acids is 1. The van der Waals surface area contributed by atoms with E-state index in [0.29, 0.717) is 12.8 Å². The second kappa shape index (κ2) is 5.72. The van der Waals surface area contributed by atoms with Crippen LogP contribution < -0.4 is 16.6 Å². The number of carbonyl (C=O) groups is 2. The maximum Gasteiger partial charge on any atom is 0.325 e. The molecule has 1 amide bonds. The third kappa shape index (κ3) is 3.34. The molecule has 8 heteroatoms. The standard InChI is InChI=1S/C12H15N3O5/c16-9(4-6-5-10(17)15-12(20)13-6)14-8-3-1-2-7(8)11(18)19/h5,7-8H,1-4H2,(H,14,16)(H,18,19)(H2,13,15,17,20). The van der Waals surface area contributed by atoms with Gasteiger partial charge in [-0.25, -0.2) is 4.79 Å². The van der Waals surface area contributed by atoms with Crippen molar-refractivity contribution >= 4 is 11.9 Å². The van der Waals surface area contributed by atoms with Crippen LogP contribution in [0.25, 0.3) is 0 Å². The van der Waals surface area contributed by atoms with E-state index in [1.165, 1.54) is 0 Å². The number of amides is 1. The second-order valence-corrected chi connectivity index (χ2v) is 4.84. The average molecular weight is 281 g/mol. The van der Waals surface area contributed by atoms with Gasteiger partial charge in [0.2, 0.25) is 5.91 Å². The molecule has 1 heterocycles. The summed E-state index contributed by atoms with van der Waals surface area (Å²) in [5.41, 5.74) is -1.06. The lowest BCUT2D eigenvalue weighted by atomic mass is 10.0. The van der Waals surface area contributed by atoms with Gasteiger partial charge in [0.15, 0.2) is 0 Å². The van der Waals surface area contributed by atoms with E-state index in [-0.39, 0.29) is 12.1 Å². The molecule has 0 aliphatic heterocycles. The van der Waals surface area contributed by atoms with Gasteiger partial charge >= 0.3 is 11.7 Å². The molecular weight excluding hydrogens is 266 g/mol. The second-order valence-electron chi connectivity index (χ2n) is 4.84. The number of rotatable bonds is 4. The Labute approximate surface area is 113 Å². The minimum absolute atomic E-state index is 0.165. The molecule has 20 heavy (non-hydrogen) atoms. The van der Waals surface area contributed by atoms with Gasteiger partial charge in [-0.15, -0.1) is 0 Å². The number of carbonyl (C=O) groups excluding carboxylic acids is 1. The highest BCUT2D eigenvalue weighted by Gasteiger charge is 2.33. The van der Waals surface area contributed by atoms with Crippen molar-refractivity contribution < 1.29 is 14.7 Å². The zero-order valence-corrected chi connectivity index (χ0v) is 10.6. The zero-order valence-electron chi connectivity index (χ0n) is 10.6. The third-order valence-electron chi connectivity index (χ3n) is 3.35. The molecule has 0 radical (unpaired) electrons. The van der Waals surface area contributed by atoms with Crippen LogP contribution >= 0.6 is 0 Å². The summed E-state index contributed by atoms with van der Waals surface area (Å²) in [6.07, 6.45) is 1.75. The normalized spacial score (nSPS) is 21.6. The number of hydrogen-bond donors (Lipinski definition) is 4. The molecule has 108 valence electrons. The van der Waals surface area contributed by atoms with E-state index in [4.69, 9.17) is 5.11 Å². The summed E-state index contributed by atoms with van der Waals surface area (Å²) in [5, 5.41) is 11.7. The van der Waals surface area contributed by atoms with E-state index < -0.39 is 35.1 Å². The predicted octanol–water partition coefficient (Wildman–Crippen LogP) is -1.02. The molecule has 1 aromatic rings. The summed E-state index contributed by atoms with van der Waals surface area (Å²) in [4.78, 5) is 49.3. The molecule has 1 saturated carbocycles. The minimum Gasteiger partial charge on any atom is -0.481 e. The lowest BCUT2D eigenvalue weighted by molar-refractivity contribution is -0.142. The van der Waals surface area contributed by atoms with Crippen molar-refractivity contribution in [2.24, 2.45) is 5.92 Å². The van der Waals surface area contributed by atoms with Gasteiger partial charge in [0.1, 0.15) is 0 Å². The highest BCUT2D eigenvalue weighted by Crippen LogP contribution is 2.25. The van der Waals surface area contributed by atoms with Gasteiger partial charge in [-0.05, 0) is 12.8 Å². The SMILES string of the molecule is O=C(Cc1cc(=O)[nH]c(=O)[nH]1)NC1CCCC1C(=O)O. The maximum atomic E-state index is 11.8. The highest BCUT2D eigenvalue weighted by molar-refractivity contribution is 5.80. The van der Waals surface area contributed by atoms with Crippen LogP contribution in [0.5, 0.6) is 0 Å². The van der Waals surface area contributed by atoms with E-state index >= 15 is 0 Å². The topological polar surface area (TPSA) is 132 Å². The number of H-pyrrole nitrogens is 2. The van der Waals surface area contributed by atoms with Crippen molar-refractivity contribution in [3.8, 4) is 0 Å². The van der Waals surface area contributed by atoms with Crippen LogP contribution in [-0.4, -0.2) is 33.0 Å². The average Bonchev–Trinajstić information content (AvgIpc) is 2.75. The number of carboxylic acids is 1. The molecule has 1 aliphatic rings. The molecule has 0 bridgehead atoms. The quantitative estimate of drug-likeness (QED) is 0.560. The van der Waals surface area contributed by atoms with Gasteiger partial charge in [0.25, 0.3) is 5.56 Å². The highest BCUT2D eigenvalue weighted by atomic mass is 16.4. The molecule has 0 spiro atoms. The van der Waals surface area contributed by atoms with Crippen LogP contribution in [0.1, 0.15) is 25.0 Å². The molecule has 8 nitrogen and oxygen atoms in total. The molecule has 2 rings (SSSR count). The minimum atomic E-state index is -0.919. The predicted molar refractivity (Wildman–Crippen MR) is 68.3 cm³/mol. The molecule has 4 N–H and O–H groups in total. The Morgan fingerprint density at radius 1 is 1.30 bits per heavy atom. The summed E-state index contributed by atoms with van der Waals surface area (Å²) >= 11 is 0. The van der Waals surface area contributed by atoms with Crippen molar-refractivity contribution in [1.82, 2.24) is 15.3 Å². The number of carboxylic acid groups (broad SMARTS) is 1. The van der Waals surface area contributed by atoms with Crippen LogP contribution in [-0.2, 0) is 16.0 Å². The molecule has 1 fully saturated rings. The van der Waals surface area contributed by atoms with Crippen LogP contribution in [0, 0.1) is 5.92 Å². The Kier molecular flexibility index (Phi) is 4.02. The molecule has 2 atom stereocenters. The van der Waals surface area contributed by atoms with E-state index in [1.807, 2.05) is 4.98 Å². The van der Waals surface area contributed by atoms with Crippen LogP contribution in [0.3, 0.4) is 0 Å². The van der Waals surface area contributed by atoms with Crippen molar-refractivity contribution in [2.45, 2.75) is 31.7 Å². The smallest absolute Gasteiger partial charge is 0.325 e. The summed E-state index contributed by atoms with van der Waals surface area (Å²) in [6.45, 7) is 0. The number of nitrogens with one attached hydrogen (secondary N) is 3. The molecule has 0 aromatic carbocycles. The first-order valence-electron chi connectivity index (χ1n) is 6.30. The van der Waals surface area contributed by atoms with Crippen molar-refractivity contribution in [2.75, 3.05) is 0 Å². The summed E-state index contributed by atoms with van der Waals surface area (Å²) in [6, 6.07) is 0.735. The van der Waals surface area contributed by atoms with E-state index in [1.54, 1.807) is 0 Å². The van der Waals surface area contributed by atoms with E-state index in [9.17, 15) is 19.2 Å². The third-order valence-corrected chi connectivity index (χ3v) is 3.35. The van der Waals surface area contributed by atoms with Gasteiger partial charge in [-0.3, -0.25) is 19.4 Å². The molecule has 0 saturated heterocycles. The fraction of sp³-hybridized carbons (Fsp3) is 0.500. The van der Waals surface area contributed by atoms with Crippen LogP contribution in [0.4, 0.5) is 0 Å². The molecular formula is C12H15N3O5. The van der Waals surface area contributed by atoms with Crippen molar-refractivity contribution in [1.29, 1.82) is 0 Å². The maximum absolute atomic E-state index is 11.8. The fourth-order valence-corrected chi connectivity index (χ4v) is 2.47. The van der Waals surface area contributed by atoms with Gasteiger partial charge in [-0.2, -0.15) is 0 Å². The van der Waals surface area contributed by atoms with Crippen molar-refractivity contribution in [3.05, 3.63) is 32.6 Å². The molecule has 1 aromatic heterocycles. The largest absolute Gasteiger partial charge is 0.481 e. The van der Waals surface area contributed by atoms with Gasteiger partial charge < -0.3 is 15.4 Å². The first kappa shape index (κ1) is 14.0. The Hall–Kier alpha value is -2.38. The zero-order chi connectivity index (χ0) is 14.7. The first-order valence-corrected chi connectivity index (χ1v) is 6.30. The summed E-state index contributed by atoms with van der Waals surface area (Å²) in [7, 11) is 0. The Balaban J connectivity index is 2.00. The Bertz CT molecular complexity index is 604.